The van der Waals surface area contributed by atoms with E-state index in [1.807, 2.05) is 42.5 Å². The number of hydrogen-bond donors (Lipinski definition) is 1. The van der Waals surface area contributed by atoms with E-state index in [4.69, 9.17) is 14.2 Å². The van der Waals surface area contributed by atoms with Crippen LogP contribution in [0.2, 0.25) is 0 Å². The van der Waals surface area contributed by atoms with Crippen LogP contribution in [0.3, 0.4) is 0 Å². The Morgan fingerprint density at radius 1 is 0.824 bits per heavy atom. The molecule has 34 heavy (non-hydrogen) atoms. The first-order valence-corrected chi connectivity index (χ1v) is 12.5. The summed E-state index contributed by atoms with van der Waals surface area (Å²) in [7, 11) is 0.969. The van der Waals surface area contributed by atoms with E-state index in [2.05, 4.69) is 25.5 Å². The molecule has 0 unspecified atom stereocenters. The highest BCUT2D eigenvalue weighted by Gasteiger charge is 2.26. The molecule has 182 valence electrons. The Morgan fingerprint density at radius 2 is 1.38 bits per heavy atom. The van der Waals surface area contributed by atoms with Crippen molar-refractivity contribution in [1.29, 1.82) is 0 Å². The van der Waals surface area contributed by atoms with Crippen LogP contribution in [-0.2, 0) is 15.4 Å². The Kier molecular flexibility index (Phi) is 7.89. The zero-order chi connectivity index (χ0) is 24.9. The average molecular weight is 484 g/mol. The van der Waals surface area contributed by atoms with Gasteiger partial charge in [0.05, 0.1) is 26.2 Å². The van der Waals surface area contributed by atoms with Gasteiger partial charge in [-0.1, -0.05) is 63.2 Å². The first kappa shape index (κ1) is 25.6. The second kappa shape index (κ2) is 10.5. The van der Waals surface area contributed by atoms with Gasteiger partial charge in [-0.3, -0.25) is 0 Å². The molecule has 0 saturated heterocycles. The fourth-order valence-corrected chi connectivity index (χ4v) is 4.91. The highest BCUT2D eigenvalue weighted by Crippen LogP contribution is 2.41. The number of rotatable bonds is 9. The maximum absolute atomic E-state index is 13.2. The molecule has 3 aromatic rings. The molecule has 0 spiro atoms. The number of ether oxygens (including phenoxy) is 3. The molecule has 1 N–H and O–H groups in total. The lowest BCUT2D eigenvalue weighted by Gasteiger charge is -2.24. The van der Waals surface area contributed by atoms with Gasteiger partial charge in [0.1, 0.15) is 17.2 Å². The van der Waals surface area contributed by atoms with Crippen molar-refractivity contribution >= 4 is 10.0 Å². The predicted octanol–water partition coefficient (Wildman–Crippen LogP) is 5.12. The molecule has 0 aromatic heterocycles. The van der Waals surface area contributed by atoms with Crippen LogP contribution in [0.1, 0.15) is 43.4 Å². The third-order valence-electron chi connectivity index (χ3n) is 5.81. The molecule has 0 aliphatic rings. The number of nitrogens with one attached hydrogen (secondary N) is 1. The van der Waals surface area contributed by atoms with Crippen LogP contribution in [0.4, 0.5) is 0 Å². The Bertz CT molecular complexity index is 1180. The summed E-state index contributed by atoms with van der Waals surface area (Å²) in [5, 5.41) is 0. The van der Waals surface area contributed by atoms with Gasteiger partial charge < -0.3 is 14.2 Å². The van der Waals surface area contributed by atoms with Crippen LogP contribution >= 0.6 is 0 Å². The monoisotopic (exact) mass is 483 g/mol. The van der Waals surface area contributed by atoms with Crippen molar-refractivity contribution in [1.82, 2.24) is 4.72 Å². The highest BCUT2D eigenvalue weighted by molar-refractivity contribution is 7.89. The fraction of sp³-hybridized carbons (Fsp3) is 0.333. The van der Waals surface area contributed by atoms with E-state index in [0.717, 1.165) is 16.7 Å². The van der Waals surface area contributed by atoms with E-state index < -0.39 is 10.0 Å². The minimum absolute atomic E-state index is 0.0599. The summed E-state index contributed by atoms with van der Waals surface area (Å²) in [5.74, 6) is 1.34. The van der Waals surface area contributed by atoms with Crippen molar-refractivity contribution in [3.8, 4) is 17.2 Å². The van der Waals surface area contributed by atoms with Crippen LogP contribution < -0.4 is 18.9 Å². The second-order valence-electron chi connectivity index (χ2n) is 9.04. The van der Waals surface area contributed by atoms with E-state index in [9.17, 15) is 8.42 Å². The SMILES string of the molecule is COc1cc(OC)c([C@H](CNS(=O)(=O)c2ccc(C(C)(C)C)cc2)c2ccccc2)c(OC)c1. The zero-order valence-electron chi connectivity index (χ0n) is 20.6. The number of benzene rings is 3. The van der Waals surface area contributed by atoms with Gasteiger partial charge in [-0.15, -0.1) is 0 Å². The molecule has 0 amide bonds. The van der Waals surface area contributed by atoms with Gasteiger partial charge >= 0.3 is 0 Å². The van der Waals surface area contributed by atoms with Crippen LogP contribution in [0.5, 0.6) is 17.2 Å². The third kappa shape index (κ3) is 5.72. The Balaban J connectivity index is 2.00. The topological polar surface area (TPSA) is 73.9 Å². The lowest BCUT2D eigenvalue weighted by Crippen LogP contribution is -2.29. The lowest BCUT2D eigenvalue weighted by molar-refractivity contribution is 0.366. The lowest BCUT2D eigenvalue weighted by atomic mass is 9.87. The van der Waals surface area contributed by atoms with Gasteiger partial charge in [0.2, 0.25) is 10.0 Å². The molecule has 0 aliphatic carbocycles. The maximum Gasteiger partial charge on any atom is 0.240 e. The molecule has 3 aromatic carbocycles. The molecular weight excluding hydrogens is 450 g/mol. The van der Waals surface area contributed by atoms with Crippen molar-refractivity contribution in [2.24, 2.45) is 0 Å². The van der Waals surface area contributed by atoms with Crippen molar-refractivity contribution in [2.45, 2.75) is 37.0 Å². The predicted molar refractivity (Wildman–Crippen MR) is 135 cm³/mol. The molecule has 0 aliphatic heterocycles. The van der Waals surface area contributed by atoms with Gasteiger partial charge in [0.15, 0.2) is 0 Å². The maximum atomic E-state index is 13.2. The quantitative estimate of drug-likeness (QED) is 0.457. The highest BCUT2D eigenvalue weighted by atomic mass is 32.2. The molecule has 1 atom stereocenters. The number of hydrogen-bond acceptors (Lipinski definition) is 5. The Morgan fingerprint density at radius 3 is 1.85 bits per heavy atom. The summed E-state index contributed by atoms with van der Waals surface area (Å²) < 4.78 is 45.8. The molecule has 0 radical (unpaired) electrons. The Labute approximate surface area is 202 Å². The fourth-order valence-electron chi connectivity index (χ4n) is 3.86. The summed E-state index contributed by atoms with van der Waals surface area (Å²) in [6.45, 7) is 6.39. The van der Waals surface area contributed by atoms with E-state index in [-0.39, 0.29) is 22.8 Å². The van der Waals surface area contributed by atoms with Crippen molar-refractivity contribution in [2.75, 3.05) is 27.9 Å². The normalized spacial score (nSPS) is 12.8. The van der Waals surface area contributed by atoms with E-state index >= 15 is 0 Å². The molecule has 0 fully saturated rings. The zero-order valence-corrected chi connectivity index (χ0v) is 21.4. The van der Waals surface area contributed by atoms with Gasteiger partial charge in [-0.05, 0) is 28.7 Å². The third-order valence-corrected chi connectivity index (χ3v) is 7.25. The van der Waals surface area contributed by atoms with Crippen LogP contribution in [-0.4, -0.2) is 36.3 Å². The standard InChI is InChI=1S/C27H33NO5S/c1-27(2,3)20-12-14-22(15-13-20)34(29,30)28-18-23(19-10-8-7-9-11-19)26-24(32-5)16-21(31-4)17-25(26)33-6/h7-17,23,28H,18H2,1-6H3/t23-/m1/s1. The van der Waals surface area contributed by atoms with Crippen LogP contribution in [0, 0.1) is 0 Å². The van der Waals surface area contributed by atoms with Crippen LogP contribution in [0.25, 0.3) is 0 Å². The first-order valence-electron chi connectivity index (χ1n) is 11.1. The molecule has 6 nitrogen and oxygen atoms in total. The molecule has 0 bridgehead atoms. The van der Waals surface area contributed by atoms with Gasteiger partial charge in [-0.2, -0.15) is 0 Å². The largest absolute Gasteiger partial charge is 0.496 e. The molecule has 3 rings (SSSR count). The molecule has 7 heteroatoms. The average Bonchev–Trinajstić information content (AvgIpc) is 2.84. The van der Waals surface area contributed by atoms with E-state index in [0.29, 0.717) is 17.2 Å². The molecule has 0 heterocycles. The number of sulfonamides is 1. The summed E-state index contributed by atoms with van der Waals surface area (Å²) in [5.41, 5.74) is 2.68. The van der Waals surface area contributed by atoms with Crippen LogP contribution in [0.15, 0.2) is 71.6 Å². The summed E-state index contributed by atoms with van der Waals surface area (Å²) in [4.78, 5) is 0.223. The van der Waals surface area contributed by atoms with E-state index in [1.165, 1.54) is 0 Å². The summed E-state index contributed by atoms with van der Waals surface area (Å²) >= 11 is 0. The summed E-state index contributed by atoms with van der Waals surface area (Å²) in [6.07, 6.45) is 0. The minimum Gasteiger partial charge on any atom is -0.496 e. The van der Waals surface area contributed by atoms with E-state index in [1.54, 1.807) is 45.6 Å². The first-order chi connectivity index (χ1) is 16.1. The smallest absolute Gasteiger partial charge is 0.240 e. The minimum atomic E-state index is -3.74. The van der Waals surface area contributed by atoms with Gasteiger partial charge in [-0.25, -0.2) is 13.1 Å². The van der Waals surface area contributed by atoms with Crippen molar-refractivity contribution in [3.63, 3.8) is 0 Å². The van der Waals surface area contributed by atoms with Crippen molar-refractivity contribution in [3.05, 3.63) is 83.4 Å². The van der Waals surface area contributed by atoms with Gasteiger partial charge in [0, 0.05) is 30.2 Å². The van der Waals surface area contributed by atoms with Gasteiger partial charge in [0.25, 0.3) is 0 Å². The number of methoxy groups -OCH3 is 3. The molecular formula is C27H33NO5S. The molecule has 0 saturated carbocycles. The van der Waals surface area contributed by atoms with Crippen molar-refractivity contribution < 1.29 is 22.6 Å². The second-order valence-corrected chi connectivity index (χ2v) is 10.8. The Hall–Kier alpha value is -3.03. The summed E-state index contributed by atoms with van der Waals surface area (Å²) in [6, 6.07) is 20.2.